The lowest BCUT2D eigenvalue weighted by Gasteiger charge is -2.23. The van der Waals surface area contributed by atoms with Gasteiger partial charge in [0.1, 0.15) is 23.7 Å². The van der Waals surface area contributed by atoms with Crippen LogP contribution < -0.4 is 0 Å². The molecule has 1 amide bonds. The second kappa shape index (κ2) is 5.88. The Morgan fingerprint density at radius 3 is 2.95 bits per heavy atom. The smallest absolute Gasteiger partial charge is 0.274 e. The molecule has 8 heteroatoms. The maximum atomic E-state index is 12.5. The Hall–Kier alpha value is -2.22. The summed E-state index contributed by atoms with van der Waals surface area (Å²) in [4.78, 5) is 25.7. The van der Waals surface area contributed by atoms with Crippen molar-refractivity contribution in [1.29, 1.82) is 0 Å². The van der Waals surface area contributed by atoms with E-state index in [1.807, 2.05) is 13.8 Å². The van der Waals surface area contributed by atoms with E-state index in [1.54, 1.807) is 11.9 Å². The maximum Gasteiger partial charge on any atom is 0.274 e. The number of likely N-dealkylation sites (N-methyl/N-ethyl adjacent to an activating group) is 1. The lowest BCUT2D eigenvalue weighted by molar-refractivity contribution is 0.0546. The molecule has 1 aliphatic heterocycles. The van der Waals surface area contributed by atoms with Crippen LogP contribution >= 0.6 is 0 Å². The second-order valence-corrected chi connectivity index (χ2v) is 5.66. The summed E-state index contributed by atoms with van der Waals surface area (Å²) in [6, 6.07) is 0. The number of nitrogens with one attached hydrogen (secondary N) is 2. The second-order valence-electron chi connectivity index (χ2n) is 5.66. The van der Waals surface area contributed by atoms with Gasteiger partial charge in [0.05, 0.1) is 6.10 Å². The van der Waals surface area contributed by atoms with Crippen molar-refractivity contribution >= 4 is 5.91 Å². The van der Waals surface area contributed by atoms with Gasteiger partial charge in [-0.25, -0.2) is 9.97 Å². The van der Waals surface area contributed by atoms with Gasteiger partial charge in [-0.1, -0.05) is 0 Å². The number of rotatable bonds is 4. The van der Waals surface area contributed by atoms with Crippen LogP contribution in [-0.4, -0.2) is 62.3 Å². The highest BCUT2D eigenvalue weighted by Gasteiger charge is 2.34. The van der Waals surface area contributed by atoms with Gasteiger partial charge in [0.25, 0.3) is 5.91 Å². The summed E-state index contributed by atoms with van der Waals surface area (Å²) in [5.74, 6) is 1.59. The molecule has 1 aliphatic rings. The zero-order valence-electron chi connectivity index (χ0n) is 13.0. The molecule has 0 aromatic carbocycles. The average Bonchev–Trinajstić information content (AvgIpc) is 3.18. The number of carbonyl (C=O) groups is 1. The van der Waals surface area contributed by atoms with E-state index in [0.29, 0.717) is 18.8 Å². The van der Waals surface area contributed by atoms with Gasteiger partial charge in [-0.2, -0.15) is 5.10 Å². The van der Waals surface area contributed by atoms with Crippen molar-refractivity contribution < 1.29 is 9.53 Å². The van der Waals surface area contributed by atoms with Crippen LogP contribution in [0.1, 0.15) is 40.2 Å². The highest BCUT2D eigenvalue weighted by atomic mass is 16.5. The van der Waals surface area contributed by atoms with E-state index in [1.165, 1.54) is 6.33 Å². The number of H-pyrrole nitrogens is 2. The first-order chi connectivity index (χ1) is 10.6. The van der Waals surface area contributed by atoms with E-state index < -0.39 is 0 Å². The molecule has 3 heterocycles. The highest BCUT2D eigenvalue weighted by molar-refractivity contribution is 5.93. The minimum atomic E-state index is -0.103. The van der Waals surface area contributed by atoms with E-state index >= 15 is 0 Å². The van der Waals surface area contributed by atoms with Gasteiger partial charge >= 0.3 is 0 Å². The molecule has 0 unspecified atom stereocenters. The van der Waals surface area contributed by atoms with Gasteiger partial charge in [0.2, 0.25) is 0 Å². The monoisotopic (exact) mass is 304 g/mol. The number of hydrogen-bond donors (Lipinski definition) is 2. The Kier molecular flexibility index (Phi) is 3.93. The zero-order chi connectivity index (χ0) is 15.7. The number of aromatic nitrogens is 5. The third kappa shape index (κ3) is 2.74. The number of carbonyl (C=O) groups excluding carboxylic acids is 1. The summed E-state index contributed by atoms with van der Waals surface area (Å²) in [5, 5.41) is 6.78. The van der Waals surface area contributed by atoms with Gasteiger partial charge in [-0.05, 0) is 20.3 Å². The Morgan fingerprint density at radius 1 is 1.50 bits per heavy atom. The number of amides is 1. The quantitative estimate of drug-likeness (QED) is 0.870. The van der Waals surface area contributed by atoms with Crippen LogP contribution in [0.3, 0.4) is 0 Å². The zero-order valence-corrected chi connectivity index (χ0v) is 13.0. The van der Waals surface area contributed by atoms with Gasteiger partial charge in [0, 0.05) is 31.8 Å². The Morgan fingerprint density at radius 2 is 2.32 bits per heavy atom. The minimum absolute atomic E-state index is 0.0813. The molecule has 3 rings (SSSR count). The van der Waals surface area contributed by atoms with E-state index in [-0.39, 0.29) is 17.9 Å². The standard InChI is InChI=1S/C14H20N6O2/c1-8-12(18-9(2)17-8)14(21)20(3)6-11-10(4-5-22-11)13-15-7-16-19-13/h7,10-11H,4-6H2,1-3H3,(H,17,18)(H,15,16,19)/t10-,11-/m1/s1. The molecule has 2 N–H and O–H groups in total. The Labute approximate surface area is 128 Å². The normalized spacial score (nSPS) is 21.2. The molecule has 0 radical (unpaired) electrons. The first kappa shape index (κ1) is 14.7. The van der Waals surface area contributed by atoms with E-state index in [0.717, 1.165) is 23.8 Å². The van der Waals surface area contributed by atoms with Crippen LogP contribution in [0.2, 0.25) is 0 Å². The highest BCUT2D eigenvalue weighted by Crippen LogP contribution is 2.29. The van der Waals surface area contributed by atoms with Crippen LogP contribution in [0.4, 0.5) is 0 Å². The number of nitrogens with zero attached hydrogens (tertiary/aromatic N) is 4. The van der Waals surface area contributed by atoms with Crippen molar-refractivity contribution in [3.63, 3.8) is 0 Å². The molecule has 2 atom stereocenters. The van der Waals surface area contributed by atoms with Crippen LogP contribution in [0.15, 0.2) is 6.33 Å². The summed E-state index contributed by atoms with van der Waals surface area (Å²) in [5.41, 5.74) is 1.25. The van der Waals surface area contributed by atoms with Crippen molar-refractivity contribution in [2.45, 2.75) is 32.3 Å². The fourth-order valence-electron chi connectivity index (χ4n) is 2.89. The molecule has 0 bridgehead atoms. The van der Waals surface area contributed by atoms with E-state index in [4.69, 9.17) is 4.74 Å². The summed E-state index contributed by atoms with van der Waals surface area (Å²) in [6.07, 6.45) is 2.29. The molecule has 0 saturated carbocycles. The number of hydrogen-bond acceptors (Lipinski definition) is 5. The van der Waals surface area contributed by atoms with Crippen LogP contribution in [0, 0.1) is 13.8 Å². The predicted octanol–water partition coefficient (Wildman–Crippen LogP) is 0.789. The summed E-state index contributed by atoms with van der Waals surface area (Å²) < 4.78 is 5.77. The van der Waals surface area contributed by atoms with Crippen LogP contribution in [-0.2, 0) is 4.74 Å². The van der Waals surface area contributed by atoms with Crippen molar-refractivity contribution in [2.75, 3.05) is 20.2 Å². The molecule has 118 valence electrons. The first-order valence-corrected chi connectivity index (χ1v) is 7.31. The largest absolute Gasteiger partial charge is 0.376 e. The van der Waals surface area contributed by atoms with Crippen LogP contribution in [0.5, 0.6) is 0 Å². The molecular weight excluding hydrogens is 284 g/mol. The summed E-state index contributed by atoms with van der Waals surface area (Å²) in [7, 11) is 1.77. The first-order valence-electron chi connectivity index (χ1n) is 7.31. The summed E-state index contributed by atoms with van der Waals surface area (Å²) in [6.45, 7) is 4.85. The maximum absolute atomic E-state index is 12.5. The molecule has 22 heavy (non-hydrogen) atoms. The third-order valence-corrected chi connectivity index (χ3v) is 4.00. The minimum Gasteiger partial charge on any atom is -0.376 e. The lowest BCUT2D eigenvalue weighted by atomic mass is 10.0. The lowest BCUT2D eigenvalue weighted by Crippen LogP contribution is -2.37. The number of aryl methyl sites for hydroxylation is 2. The predicted molar refractivity (Wildman–Crippen MR) is 78.5 cm³/mol. The molecule has 2 aromatic rings. The van der Waals surface area contributed by atoms with Gasteiger partial charge in [0.15, 0.2) is 0 Å². The van der Waals surface area contributed by atoms with Crippen molar-refractivity contribution in [3.8, 4) is 0 Å². The molecule has 0 aliphatic carbocycles. The number of ether oxygens (including phenoxy) is 1. The van der Waals surface area contributed by atoms with E-state index in [9.17, 15) is 4.79 Å². The Balaban J connectivity index is 1.69. The molecule has 2 aromatic heterocycles. The number of imidazole rings is 1. The Bertz CT molecular complexity index is 650. The SMILES string of the molecule is Cc1nc(C(=O)N(C)C[C@H]2OCC[C@H]2c2ncn[nH]2)c(C)[nH]1. The fourth-order valence-corrected chi connectivity index (χ4v) is 2.89. The van der Waals surface area contributed by atoms with Gasteiger partial charge < -0.3 is 14.6 Å². The van der Waals surface area contributed by atoms with Gasteiger partial charge in [-0.3, -0.25) is 9.89 Å². The summed E-state index contributed by atoms with van der Waals surface area (Å²) >= 11 is 0. The van der Waals surface area contributed by atoms with E-state index in [2.05, 4.69) is 25.1 Å². The van der Waals surface area contributed by atoms with Crippen molar-refractivity contribution in [1.82, 2.24) is 30.0 Å². The molecule has 1 saturated heterocycles. The average molecular weight is 304 g/mol. The third-order valence-electron chi connectivity index (χ3n) is 4.00. The molecule has 1 fully saturated rings. The number of aromatic amines is 2. The van der Waals surface area contributed by atoms with Crippen molar-refractivity contribution in [2.24, 2.45) is 0 Å². The van der Waals surface area contributed by atoms with Crippen molar-refractivity contribution in [3.05, 3.63) is 29.4 Å². The van der Waals surface area contributed by atoms with Crippen LogP contribution in [0.25, 0.3) is 0 Å². The topological polar surface area (TPSA) is 99.8 Å². The molecule has 0 spiro atoms. The molecule has 8 nitrogen and oxygen atoms in total. The fraction of sp³-hybridized carbons (Fsp3) is 0.571. The molecular formula is C14H20N6O2. The van der Waals surface area contributed by atoms with Gasteiger partial charge in [-0.15, -0.1) is 0 Å².